The number of rotatable bonds is 3. The van der Waals surface area contributed by atoms with Crippen molar-refractivity contribution >= 4 is 8.32 Å². The summed E-state index contributed by atoms with van der Waals surface area (Å²) in [4.78, 5) is 4.07. The van der Waals surface area contributed by atoms with E-state index in [1.165, 1.54) is 6.07 Å². The molecule has 2 nitrogen and oxygen atoms in total. The molecule has 0 aliphatic rings. The molecule has 0 fully saturated rings. The van der Waals surface area contributed by atoms with E-state index in [1.807, 2.05) is 6.92 Å². The standard InChI is InChI=1S/C13H22FNOSi/c1-10(12-11(14)8-7-9-15-12)16-17(5,6)13(2,3)4/h7-10H,1-6H3. The van der Waals surface area contributed by atoms with Crippen LogP contribution in [-0.4, -0.2) is 13.3 Å². The molecule has 1 atom stereocenters. The highest BCUT2D eigenvalue weighted by atomic mass is 28.4. The normalized spacial score (nSPS) is 14.8. The minimum Gasteiger partial charge on any atom is -0.409 e. The van der Waals surface area contributed by atoms with Crippen molar-refractivity contribution < 1.29 is 8.82 Å². The fourth-order valence-corrected chi connectivity index (χ4v) is 2.72. The van der Waals surface area contributed by atoms with E-state index >= 15 is 0 Å². The van der Waals surface area contributed by atoms with Crippen LogP contribution < -0.4 is 0 Å². The molecule has 1 rings (SSSR count). The highest BCUT2D eigenvalue weighted by molar-refractivity contribution is 6.74. The lowest BCUT2D eigenvalue weighted by Gasteiger charge is -2.38. The lowest BCUT2D eigenvalue weighted by molar-refractivity contribution is 0.193. The summed E-state index contributed by atoms with van der Waals surface area (Å²) in [6.45, 7) is 12.7. The number of pyridine rings is 1. The van der Waals surface area contributed by atoms with E-state index in [2.05, 4.69) is 38.8 Å². The lowest BCUT2D eigenvalue weighted by atomic mass is 10.2. The van der Waals surface area contributed by atoms with Crippen LogP contribution in [0.5, 0.6) is 0 Å². The maximum absolute atomic E-state index is 13.6. The van der Waals surface area contributed by atoms with Gasteiger partial charge in [0.15, 0.2) is 8.32 Å². The summed E-state index contributed by atoms with van der Waals surface area (Å²) in [5.74, 6) is -0.293. The second-order valence-electron chi connectivity index (χ2n) is 5.89. The number of halogens is 1. The first kappa shape index (κ1) is 14.3. The zero-order chi connectivity index (χ0) is 13.3. The van der Waals surface area contributed by atoms with Gasteiger partial charge in [-0.25, -0.2) is 4.39 Å². The Morgan fingerprint density at radius 2 is 1.94 bits per heavy atom. The van der Waals surface area contributed by atoms with Gasteiger partial charge in [0.05, 0.1) is 6.10 Å². The predicted molar refractivity (Wildman–Crippen MR) is 70.9 cm³/mol. The van der Waals surface area contributed by atoms with Gasteiger partial charge >= 0.3 is 0 Å². The van der Waals surface area contributed by atoms with Gasteiger partial charge in [-0.05, 0) is 37.2 Å². The fraction of sp³-hybridized carbons (Fsp3) is 0.615. The molecule has 96 valence electrons. The van der Waals surface area contributed by atoms with Gasteiger partial charge in [0.2, 0.25) is 0 Å². The monoisotopic (exact) mass is 255 g/mol. The molecule has 0 saturated carbocycles. The average Bonchev–Trinajstić information content (AvgIpc) is 2.15. The zero-order valence-electron chi connectivity index (χ0n) is 11.5. The maximum atomic E-state index is 13.6. The molecule has 0 amide bonds. The largest absolute Gasteiger partial charge is 0.409 e. The molecule has 1 aromatic heterocycles. The molecule has 17 heavy (non-hydrogen) atoms. The van der Waals surface area contributed by atoms with Crippen LogP contribution in [-0.2, 0) is 4.43 Å². The third-order valence-corrected chi connectivity index (χ3v) is 8.00. The Morgan fingerprint density at radius 1 is 1.35 bits per heavy atom. The van der Waals surface area contributed by atoms with Gasteiger partial charge in [0, 0.05) is 6.20 Å². The topological polar surface area (TPSA) is 22.1 Å². The molecule has 1 aromatic rings. The SMILES string of the molecule is CC(O[Si](C)(C)C(C)(C)C)c1ncccc1F. The molecular formula is C13H22FNOSi. The smallest absolute Gasteiger partial charge is 0.192 e. The van der Waals surface area contributed by atoms with Gasteiger partial charge in [0.1, 0.15) is 11.5 Å². The highest BCUT2D eigenvalue weighted by Crippen LogP contribution is 2.39. The molecule has 1 unspecified atom stereocenters. The minimum atomic E-state index is -1.88. The Labute approximate surface area is 104 Å². The first-order valence-electron chi connectivity index (χ1n) is 5.93. The Hall–Kier alpha value is -0.743. The van der Waals surface area contributed by atoms with Crippen LogP contribution in [0.4, 0.5) is 4.39 Å². The molecule has 0 aliphatic carbocycles. The lowest BCUT2D eigenvalue weighted by Crippen LogP contribution is -2.41. The summed E-state index contributed by atoms with van der Waals surface area (Å²) in [5, 5.41) is 0.118. The van der Waals surface area contributed by atoms with Crippen LogP contribution in [0.15, 0.2) is 18.3 Å². The quantitative estimate of drug-likeness (QED) is 0.751. The molecule has 4 heteroatoms. The van der Waals surface area contributed by atoms with Crippen molar-refractivity contribution in [3.05, 3.63) is 29.8 Å². The van der Waals surface area contributed by atoms with Gasteiger partial charge < -0.3 is 4.43 Å². The summed E-state index contributed by atoms with van der Waals surface area (Å²) >= 11 is 0. The van der Waals surface area contributed by atoms with Crippen molar-refractivity contribution in [2.24, 2.45) is 0 Å². The zero-order valence-corrected chi connectivity index (χ0v) is 12.5. The van der Waals surface area contributed by atoms with Crippen molar-refractivity contribution in [1.29, 1.82) is 0 Å². The average molecular weight is 255 g/mol. The minimum absolute atomic E-state index is 0.118. The van der Waals surface area contributed by atoms with E-state index in [0.717, 1.165) is 0 Å². The molecule has 0 aromatic carbocycles. The number of aromatic nitrogens is 1. The molecule has 0 bridgehead atoms. The summed E-state index contributed by atoms with van der Waals surface area (Å²) in [5.41, 5.74) is 0.400. The van der Waals surface area contributed by atoms with E-state index < -0.39 is 8.32 Å². The van der Waals surface area contributed by atoms with Gasteiger partial charge in [-0.3, -0.25) is 4.98 Å². The number of hydrogen-bond donors (Lipinski definition) is 0. The molecule has 0 N–H and O–H groups in total. The van der Waals surface area contributed by atoms with E-state index in [4.69, 9.17) is 4.43 Å². The van der Waals surface area contributed by atoms with Gasteiger partial charge in [0.25, 0.3) is 0 Å². The van der Waals surface area contributed by atoms with Crippen LogP contribution in [0.1, 0.15) is 39.5 Å². The maximum Gasteiger partial charge on any atom is 0.192 e. The highest BCUT2D eigenvalue weighted by Gasteiger charge is 2.39. The summed E-state index contributed by atoms with van der Waals surface area (Å²) in [6.07, 6.45) is 1.31. The second-order valence-corrected chi connectivity index (χ2v) is 10.6. The fourth-order valence-electron chi connectivity index (χ4n) is 1.37. The van der Waals surface area contributed by atoms with E-state index in [-0.39, 0.29) is 17.0 Å². The molecule has 1 heterocycles. The van der Waals surface area contributed by atoms with E-state index in [9.17, 15) is 4.39 Å². The molecular weight excluding hydrogens is 233 g/mol. The molecule has 0 aliphatic heterocycles. The Kier molecular flexibility index (Phi) is 4.09. The van der Waals surface area contributed by atoms with Gasteiger partial charge in [-0.1, -0.05) is 20.8 Å². The molecule has 0 spiro atoms. The Balaban J connectivity index is 2.87. The second kappa shape index (κ2) is 4.86. The van der Waals surface area contributed by atoms with E-state index in [0.29, 0.717) is 5.69 Å². The molecule has 0 saturated heterocycles. The summed E-state index contributed by atoms with van der Waals surface area (Å²) < 4.78 is 19.7. The van der Waals surface area contributed by atoms with Gasteiger partial charge in [-0.15, -0.1) is 0 Å². The predicted octanol–water partition coefficient (Wildman–Crippen LogP) is 4.30. The van der Waals surface area contributed by atoms with Crippen LogP contribution in [0.2, 0.25) is 18.1 Å². The van der Waals surface area contributed by atoms with Crippen molar-refractivity contribution in [3.8, 4) is 0 Å². The van der Waals surface area contributed by atoms with Crippen LogP contribution >= 0.6 is 0 Å². The Morgan fingerprint density at radius 3 is 2.41 bits per heavy atom. The summed E-state index contributed by atoms with van der Waals surface area (Å²) in [6, 6.07) is 3.02. The Bertz CT molecular complexity index is 387. The van der Waals surface area contributed by atoms with Crippen molar-refractivity contribution in [3.63, 3.8) is 0 Å². The first-order chi connectivity index (χ1) is 7.65. The van der Waals surface area contributed by atoms with Crippen LogP contribution in [0.3, 0.4) is 0 Å². The van der Waals surface area contributed by atoms with Crippen molar-refractivity contribution in [2.45, 2.75) is 51.9 Å². The van der Waals surface area contributed by atoms with Gasteiger partial charge in [-0.2, -0.15) is 0 Å². The summed E-state index contributed by atoms with van der Waals surface area (Å²) in [7, 11) is -1.88. The van der Waals surface area contributed by atoms with Crippen molar-refractivity contribution in [1.82, 2.24) is 4.98 Å². The van der Waals surface area contributed by atoms with Crippen LogP contribution in [0, 0.1) is 5.82 Å². The molecule has 0 radical (unpaired) electrons. The number of hydrogen-bond acceptors (Lipinski definition) is 2. The van der Waals surface area contributed by atoms with E-state index in [1.54, 1.807) is 12.3 Å². The van der Waals surface area contributed by atoms with Crippen molar-refractivity contribution in [2.75, 3.05) is 0 Å². The third kappa shape index (κ3) is 3.36. The third-order valence-electron chi connectivity index (χ3n) is 3.45. The first-order valence-corrected chi connectivity index (χ1v) is 8.84. The number of nitrogens with zero attached hydrogens (tertiary/aromatic N) is 1. The van der Waals surface area contributed by atoms with Crippen LogP contribution in [0.25, 0.3) is 0 Å².